The molecule has 5 heteroatoms. The van der Waals surface area contributed by atoms with Crippen LogP contribution in [0.5, 0.6) is 0 Å². The summed E-state index contributed by atoms with van der Waals surface area (Å²) in [4.78, 5) is 1.39. The van der Waals surface area contributed by atoms with Gasteiger partial charge in [0.05, 0.1) is 13.2 Å². The highest BCUT2D eigenvalue weighted by Crippen LogP contribution is 2.08. The standard InChI is InChI=1S/C11H14F3NO/c12-10-3-1-2-9(6-10)7-15(4-5-16)8-11(13)14/h1-3,6,11,16H,4-5,7-8H2. The lowest BCUT2D eigenvalue weighted by atomic mass is 10.2. The van der Waals surface area contributed by atoms with Gasteiger partial charge < -0.3 is 5.11 Å². The van der Waals surface area contributed by atoms with E-state index in [1.165, 1.54) is 23.1 Å². The summed E-state index contributed by atoms with van der Waals surface area (Å²) in [7, 11) is 0. The minimum absolute atomic E-state index is 0.154. The molecule has 1 rings (SSSR count). The Morgan fingerprint density at radius 1 is 1.31 bits per heavy atom. The zero-order valence-corrected chi connectivity index (χ0v) is 8.74. The van der Waals surface area contributed by atoms with Gasteiger partial charge in [-0.1, -0.05) is 12.1 Å². The summed E-state index contributed by atoms with van der Waals surface area (Å²) in [5.74, 6) is -0.390. The molecule has 1 aromatic carbocycles. The summed E-state index contributed by atoms with van der Waals surface area (Å²) < 4.78 is 37.2. The van der Waals surface area contributed by atoms with Crippen LogP contribution in [0.1, 0.15) is 5.56 Å². The molecule has 0 aliphatic rings. The molecule has 0 amide bonds. The number of rotatable bonds is 6. The van der Waals surface area contributed by atoms with Gasteiger partial charge in [-0.25, -0.2) is 13.2 Å². The summed E-state index contributed by atoms with van der Waals surface area (Å²) >= 11 is 0. The predicted octanol–water partition coefficient (Wildman–Crippen LogP) is 1.89. The van der Waals surface area contributed by atoms with Gasteiger partial charge in [0.15, 0.2) is 0 Å². The molecule has 90 valence electrons. The molecule has 0 unspecified atom stereocenters. The Labute approximate surface area is 92.3 Å². The van der Waals surface area contributed by atoms with Crippen molar-refractivity contribution in [3.05, 3.63) is 35.6 Å². The van der Waals surface area contributed by atoms with Gasteiger partial charge >= 0.3 is 0 Å². The first-order chi connectivity index (χ1) is 7.61. The van der Waals surface area contributed by atoms with Gasteiger partial charge in [-0.05, 0) is 17.7 Å². The average molecular weight is 233 g/mol. The van der Waals surface area contributed by atoms with Crippen molar-refractivity contribution in [1.82, 2.24) is 4.90 Å². The number of nitrogens with zero attached hydrogens (tertiary/aromatic N) is 1. The Morgan fingerprint density at radius 3 is 2.62 bits per heavy atom. The second-order valence-corrected chi connectivity index (χ2v) is 3.48. The van der Waals surface area contributed by atoms with Gasteiger partial charge in [0.1, 0.15) is 5.82 Å². The van der Waals surface area contributed by atoms with Crippen molar-refractivity contribution in [3.63, 3.8) is 0 Å². The molecule has 0 saturated heterocycles. The molecule has 0 aliphatic heterocycles. The number of aliphatic hydroxyl groups excluding tert-OH is 1. The highest BCUT2D eigenvalue weighted by molar-refractivity contribution is 5.16. The molecule has 0 bridgehead atoms. The normalized spacial score (nSPS) is 11.4. The van der Waals surface area contributed by atoms with E-state index in [1.54, 1.807) is 6.07 Å². The predicted molar refractivity (Wildman–Crippen MR) is 54.8 cm³/mol. The van der Waals surface area contributed by atoms with E-state index in [9.17, 15) is 13.2 Å². The first kappa shape index (κ1) is 13.0. The maximum absolute atomic E-state index is 12.8. The van der Waals surface area contributed by atoms with Crippen LogP contribution in [0.25, 0.3) is 0 Å². The van der Waals surface area contributed by atoms with E-state index in [0.717, 1.165) is 0 Å². The largest absolute Gasteiger partial charge is 0.395 e. The molecular weight excluding hydrogens is 219 g/mol. The van der Waals surface area contributed by atoms with E-state index >= 15 is 0 Å². The topological polar surface area (TPSA) is 23.5 Å². The van der Waals surface area contributed by atoms with Crippen LogP contribution in [-0.2, 0) is 6.54 Å². The lowest BCUT2D eigenvalue weighted by Gasteiger charge is -2.20. The SMILES string of the molecule is OCCN(Cc1cccc(F)c1)CC(F)F. The zero-order chi connectivity index (χ0) is 12.0. The van der Waals surface area contributed by atoms with E-state index < -0.39 is 18.8 Å². The Hall–Kier alpha value is -1.07. The minimum atomic E-state index is -2.46. The van der Waals surface area contributed by atoms with Crippen molar-refractivity contribution in [2.45, 2.75) is 13.0 Å². The summed E-state index contributed by atoms with van der Waals surface area (Å²) in [6, 6.07) is 5.80. The first-order valence-corrected chi connectivity index (χ1v) is 4.97. The number of hydrogen-bond donors (Lipinski definition) is 1. The second-order valence-electron chi connectivity index (χ2n) is 3.48. The molecule has 0 spiro atoms. The molecule has 0 radical (unpaired) electrons. The van der Waals surface area contributed by atoms with Crippen LogP contribution in [0.3, 0.4) is 0 Å². The third-order valence-electron chi connectivity index (χ3n) is 2.11. The third-order valence-corrected chi connectivity index (χ3v) is 2.11. The molecular formula is C11H14F3NO. The maximum atomic E-state index is 12.8. The molecule has 0 aromatic heterocycles. The number of hydrogen-bond acceptors (Lipinski definition) is 2. The average Bonchev–Trinajstić information content (AvgIpc) is 2.16. The van der Waals surface area contributed by atoms with Crippen LogP contribution in [0, 0.1) is 5.82 Å². The number of benzene rings is 1. The molecule has 0 atom stereocenters. The van der Waals surface area contributed by atoms with E-state index in [-0.39, 0.29) is 19.7 Å². The Balaban J connectivity index is 2.60. The highest BCUT2D eigenvalue weighted by atomic mass is 19.3. The smallest absolute Gasteiger partial charge is 0.251 e. The van der Waals surface area contributed by atoms with Crippen molar-refractivity contribution < 1.29 is 18.3 Å². The molecule has 0 saturated carbocycles. The van der Waals surface area contributed by atoms with Crippen molar-refractivity contribution in [3.8, 4) is 0 Å². The highest BCUT2D eigenvalue weighted by Gasteiger charge is 2.12. The molecule has 0 fully saturated rings. The fraction of sp³-hybridized carbons (Fsp3) is 0.455. The van der Waals surface area contributed by atoms with Gasteiger partial charge in [0.2, 0.25) is 0 Å². The quantitative estimate of drug-likeness (QED) is 0.811. The van der Waals surface area contributed by atoms with Crippen LogP contribution in [0.4, 0.5) is 13.2 Å². The van der Waals surface area contributed by atoms with E-state index in [2.05, 4.69) is 0 Å². The van der Waals surface area contributed by atoms with E-state index in [1.807, 2.05) is 0 Å². The van der Waals surface area contributed by atoms with Crippen molar-refractivity contribution >= 4 is 0 Å². The van der Waals surface area contributed by atoms with Crippen LogP contribution in [0.15, 0.2) is 24.3 Å². The lowest BCUT2D eigenvalue weighted by Crippen LogP contribution is -2.31. The Kier molecular flexibility index (Phi) is 5.28. The summed E-state index contributed by atoms with van der Waals surface area (Å²) in [6.07, 6.45) is -2.46. The van der Waals surface area contributed by atoms with Gasteiger partial charge in [-0.3, -0.25) is 4.90 Å². The first-order valence-electron chi connectivity index (χ1n) is 4.97. The van der Waals surface area contributed by atoms with Gasteiger partial charge in [0, 0.05) is 13.1 Å². The number of halogens is 3. The van der Waals surface area contributed by atoms with Gasteiger partial charge in [-0.15, -0.1) is 0 Å². The van der Waals surface area contributed by atoms with Crippen LogP contribution in [0.2, 0.25) is 0 Å². The molecule has 0 aliphatic carbocycles. The van der Waals surface area contributed by atoms with E-state index in [4.69, 9.17) is 5.11 Å². The summed E-state index contributed by atoms with van der Waals surface area (Å²) in [5, 5.41) is 8.72. The fourth-order valence-electron chi connectivity index (χ4n) is 1.47. The van der Waals surface area contributed by atoms with Crippen LogP contribution in [-0.4, -0.2) is 36.1 Å². The summed E-state index contributed by atoms with van der Waals surface area (Å²) in [5.41, 5.74) is 0.620. The molecule has 0 heterocycles. The minimum Gasteiger partial charge on any atom is -0.395 e. The molecule has 1 N–H and O–H groups in total. The van der Waals surface area contributed by atoms with E-state index in [0.29, 0.717) is 5.56 Å². The Bertz CT molecular complexity index is 320. The Morgan fingerprint density at radius 2 is 2.06 bits per heavy atom. The van der Waals surface area contributed by atoms with Gasteiger partial charge in [0.25, 0.3) is 6.43 Å². The molecule has 2 nitrogen and oxygen atoms in total. The third kappa shape index (κ3) is 4.63. The van der Waals surface area contributed by atoms with Crippen LogP contribution < -0.4 is 0 Å². The van der Waals surface area contributed by atoms with Crippen LogP contribution >= 0.6 is 0 Å². The number of aliphatic hydroxyl groups is 1. The monoisotopic (exact) mass is 233 g/mol. The molecule has 1 aromatic rings. The summed E-state index contributed by atoms with van der Waals surface area (Å²) in [6.45, 7) is -0.247. The van der Waals surface area contributed by atoms with Crippen molar-refractivity contribution in [2.24, 2.45) is 0 Å². The fourth-order valence-corrected chi connectivity index (χ4v) is 1.47. The second kappa shape index (κ2) is 6.50. The van der Waals surface area contributed by atoms with Crippen molar-refractivity contribution in [1.29, 1.82) is 0 Å². The van der Waals surface area contributed by atoms with Gasteiger partial charge in [-0.2, -0.15) is 0 Å². The lowest BCUT2D eigenvalue weighted by molar-refractivity contribution is 0.0746. The van der Waals surface area contributed by atoms with Crippen molar-refractivity contribution in [2.75, 3.05) is 19.7 Å². The zero-order valence-electron chi connectivity index (χ0n) is 8.74. The molecule has 16 heavy (non-hydrogen) atoms. The maximum Gasteiger partial charge on any atom is 0.251 e. The number of alkyl halides is 2.